The van der Waals surface area contributed by atoms with Crippen LogP contribution in [-0.2, 0) is 16.1 Å². The minimum atomic E-state index is -0.863. The van der Waals surface area contributed by atoms with Gasteiger partial charge in [-0.1, -0.05) is 5.16 Å². The number of oxime groups is 1. The Morgan fingerprint density at radius 1 is 1.77 bits per heavy atom. The summed E-state index contributed by atoms with van der Waals surface area (Å²) in [5.74, 6) is -0.283. The van der Waals surface area contributed by atoms with Crippen molar-refractivity contribution in [1.29, 1.82) is 0 Å². The van der Waals surface area contributed by atoms with Crippen molar-refractivity contribution >= 4 is 11.6 Å². The molecule has 0 aliphatic carbocycles. The largest absolute Gasteiger partial charge is 0.469 e. The van der Waals surface area contributed by atoms with Crippen LogP contribution in [0.15, 0.2) is 28.0 Å². The molecule has 69 valence electrons. The lowest BCUT2D eigenvalue weighted by molar-refractivity contribution is -0.112. The fourth-order valence-electron chi connectivity index (χ4n) is 0.842. The molecule has 13 heavy (non-hydrogen) atoms. The summed E-state index contributed by atoms with van der Waals surface area (Å²) in [6.45, 7) is 0. The molecule has 0 saturated carbocycles. The van der Waals surface area contributed by atoms with E-state index in [9.17, 15) is 4.79 Å². The second kappa shape index (κ2) is 4.30. The zero-order valence-electron chi connectivity index (χ0n) is 7.11. The number of amides is 1. The summed E-state index contributed by atoms with van der Waals surface area (Å²) in [5.41, 5.74) is 6.87. The predicted octanol–water partition coefficient (Wildman–Crippen LogP) is 0.634. The van der Waals surface area contributed by atoms with E-state index in [2.05, 4.69) is 9.99 Å². The Labute approximate surface area is 75.1 Å². The average molecular weight is 181 g/mol. The highest BCUT2D eigenvalue weighted by Crippen LogP contribution is 2.02. The number of hydrogen-bond acceptors (Lipinski definition) is 4. The van der Waals surface area contributed by atoms with Crippen molar-refractivity contribution in [1.82, 2.24) is 5.73 Å². The maximum absolute atomic E-state index is 10.7. The molecular formula is C8H9N2O3. The lowest BCUT2D eigenvalue weighted by atomic mass is 10.2. The van der Waals surface area contributed by atoms with Crippen LogP contribution < -0.4 is 5.73 Å². The molecule has 1 radical (unpaired) electrons. The van der Waals surface area contributed by atoms with Crippen LogP contribution in [0.3, 0.4) is 0 Å². The van der Waals surface area contributed by atoms with Crippen LogP contribution in [0.2, 0.25) is 0 Å². The second-order valence-electron chi connectivity index (χ2n) is 2.31. The van der Waals surface area contributed by atoms with E-state index in [-0.39, 0.29) is 12.1 Å². The van der Waals surface area contributed by atoms with Gasteiger partial charge in [-0.2, -0.15) is 0 Å². The molecule has 5 heteroatoms. The number of nitrogens with one attached hydrogen (secondary N) is 1. The quantitative estimate of drug-likeness (QED) is 0.505. The van der Waals surface area contributed by atoms with Gasteiger partial charge in [-0.15, -0.1) is 0 Å². The van der Waals surface area contributed by atoms with E-state index in [0.717, 1.165) is 0 Å². The Morgan fingerprint density at radius 2 is 2.54 bits per heavy atom. The van der Waals surface area contributed by atoms with Crippen LogP contribution >= 0.6 is 0 Å². The molecule has 5 nitrogen and oxygen atoms in total. The minimum absolute atomic E-state index is 0.0254. The Hall–Kier alpha value is -1.78. The van der Waals surface area contributed by atoms with E-state index in [4.69, 9.17) is 10.2 Å². The van der Waals surface area contributed by atoms with Gasteiger partial charge in [-0.25, -0.2) is 0 Å². The van der Waals surface area contributed by atoms with E-state index in [1.165, 1.54) is 13.4 Å². The molecule has 1 N–H and O–H groups in total. The highest BCUT2D eigenvalue weighted by atomic mass is 16.6. The molecule has 0 saturated heterocycles. The zero-order chi connectivity index (χ0) is 9.68. The summed E-state index contributed by atoms with van der Waals surface area (Å²) in [6.07, 6.45) is 1.68. The summed E-state index contributed by atoms with van der Waals surface area (Å²) >= 11 is 0. The average Bonchev–Trinajstić information content (AvgIpc) is 2.56. The molecular weight excluding hydrogens is 172 g/mol. The van der Waals surface area contributed by atoms with E-state index in [0.29, 0.717) is 5.76 Å². The number of carbonyl (C=O) groups excluding carboxylic acids is 1. The lowest BCUT2D eigenvalue weighted by Crippen LogP contribution is -2.17. The summed E-state index contributed by atoms with van der Waals surface area (Å²) < 4.78 is 4.99. The van der Waals surface area contributed by atoms with Crippen molar-refractivity contribution < 1.29 is 14.0 Å². The molecule has 0 atom stereocenters. The molecule has 0 aromatic carbocycles. The van der Waals surface area contributed by atoms with Gasteiger partial charge < -0.3 is 9.25 Å². The van der Waals surface area contributed by atoms with Gasteiger partial charge in [0, 0.05) is 0 Å². The first-order chi connectivity index (χ1) is 6.24. The number of furan rings is 1. The molecule has 1 aromatic rings. The Balaban J connectivity index is 2.69. The summed E-state index contributed by atoms with van der Waals surface area (Å²) in [7, 11) is 1.32. The summed E-state index contributed by atoms with van der Waals surface area (Å²) in [5, 5.41) is 3.42. The third kappa shape index (κ3) is 2.62. The SMILES string of the molecule is CO/N=C(\Cc1ccco1)C([NH])=O. The van der Waals surface area contributed by atoms with E-state index >= 15 is 0 Å². The molecule has 1 amide bonds. The lowest BCUT2D eigenvalue weighted by Gasteiger charge is -1.96. The Bertz CT molecular complexity index is 303. The van der Waals surface area contributed by atoms with Gasteiger partial charge in [0.15, 0.2) is 5.71 Å². The van der Waals surface area contributed by atoms with Crippen LogP contribution in [0, 0.1) is 0 Å². The fraction of sp³-hybridized carbons (Fsp3) is 0.250. The van der Waals surface area contributed by atoms with Crippen LogP contribution in [0.5, 0.6) is 0 Å². The fourth-order valence-corrected chi connectivity index (χ4v) is 0.842. The summed E-state index contributed by atoms with van der Waals surface area (Å²) in [6, 6.07) is 3.41. The highest BCUT2D eigenvalue weighted by Gasteiger charge is 2.11. The molecule has 0 aliphatic rings. The van der Waals surface area contributed by atoms with Crippen molar-refractivity contribution in [3.63, 3.8) is 0 Å². The van der Waals surface area contributed by atoms with Crippen LogP contribution in [0.25, 0.3) is 0 Å². The number of hydrogen-bond donors (Lipinski definition) is 0. The standard InChI is InChI=1S/C8H9N2O3/c1-12-10-7(8(9)11)5-6-3-2-4-13-6/h2-4,9H,5H2,1H3/b10-7+. The third-order valence-corrected chi connectivity index (χ3v) is 1.39. The van der Waals surface area contributed by atoms with Gasteiger partial charge in [-0.05, 0) is 12.1 Å². The third-order valence-electron chi connectivity index (χ3n) is 1.39. The normalized spacial score (nSPS) is 11.3. The van der Waals surface area contributed by atoms with Crippen molar-refractivity contribution in [2.45, 2.75) is 6.42 Å². The zero-order valence-corrected chi connectivity index (χ0v) is 7.11. The van der Waals surface area contributed by atoms with Crippen molar-refractivity contribution in [3.8, 4) is 0 Å². The van der Waals surface area contributed by atoms with Gasteiger partial charge in [0.2, 0.25) is 0 Å². The van der Waals surface area contributed by atoms with Crippen LogP contribution in [0.1, 0.15) is 5.76 Å². The number of nitrogens with zero attached hydrogens (tertiary/aromatic N) is 1. The first kappa shape index (κ1) is 9.31. The smallest absolute Gasteiger partial charge is 0.287 e. The molecule has 0 spiro atoms. The topological polar surface area (TPSA) is 75.6 Å². The van der Waals surface area contributed by atoms with Crippen LogP contribution in [-0.4, -0.2) is 18.7 Å². The molecule has 1 heterocycles. The van der Waals surface area contributed by atoms with Crippen molar-refractivity contribution in [3.05, 3.63) is 24.2 Å². The Morgan fingerprint density at radius 3 is 3.00 bits per heavy atom. The minimum Gasteiger partial charge on any atom is -0.469 e. The summed E-state index contributed by atoms with van der Waals surface area (Å²) in [4.78, 5) is 15.1. The van der Waals surface area contributed by atoms with E-state index in [1.807, 2.05) is 0 Å². The first-order valence-electron chi connectivity index (χ1n) is 3.62. The monoisotopic (exact) mass is 181 g/mol. The molecule has 0 fully saturated rings. The van der Waals surface area contributed by atoms with Gasteiger partial charge in [0.05, 0.1) is 12.7 Å². The van der Waals surface area contributed by atoms with Crippen molar-refractivity contribution in [2.24, 2.45) is 5.16 Å². The van der Waals surface area contributed by atoms with Gasteiger partial charge in [-0.3, -0.25) is 10.5 Å². The van der Waals surface area contributed by atoms with Gasteiger partial charge in [0.25, 0.3) is 5.91 Å². The highest BCUT2D eigenvalue weighted by molar-refractivity contribution is 6.38. The molecule has 1 aromatic heterocycles. The number of rotatable bonds is 4. The number of carbonyl (C=O) groups is 1. The molecule has 1 rings (SSSR count). The first-order valence-corrected chi connectivity index (χ1v) is 3.62. The van der Waals surface area contributed by atoms with Crippen molar-refractivity contribution in [2.75, 3.05) is 7.11 Å². The molecule has 0 unspecified atom stereocenters. The maximum Gasteiger partial charge on any atom is 0.287 e. The van der Waals surface area contributed by atoms with Crippen LogP contribution in [0.4, 0.5) is 0 Å². The van der Waals surface area contributed by atoms with Gasteiger partial charge >= 0.3 is 0 Å². The molecule has 0 aliphatic heterocycles. The van der Waals surface area contributed by atoms with Gasteiger partial charge in [0.1, 0.15) is 12.9 Å². The van der Waals surface area contributed by atoms with E-state index < -0.39 is 5.91 Å². The predicted molar refractivity (Wildman–Crippen MR) is 45.0 cm³/mol. The second-order valence-corrected chi connectivity index (χ2v) is 2.31. The van der Waals surface area contributed by atoms with E-state index in [1.54, 1.807) is 12.1 Å². The Kier molecular flexibility index (Phi) is 3.08. The molecule has 0 bridgehead atoms. The maximum atomic E-state index is 10.7.